The smallest absolute Gasteiger partial charge is 0.338 e. The van der Waals surface area contributed by atoms with Crippen molar-refractivity contribution in [3.05, 3.63) is 132 Å². The zero-order valence-electron chi connectivity index (χ0n) is 26.2. The van der Waals surface area contributed by atoms with Gasteiger partial charge in [-0.2, -0.15) is 0 Å². The number of aliphatic hydroxyl groups excluding tert-OH is 2. The molecule has 45 heavy (non-hydrogen) atoms. The summed E-state index contributed by atoms with van der Waals surface area (Å²) >= 11 is 0. The van der Waals surface area contributed by atoms with Crippen LogP contribution in [0.5, 0.6) is 0 Å². The van der Waals surface area contributed by atoms with Gasteiger partial charge in [-0.3, -0.25) is 0 Å². The Morgan fingerprint density at radius 2 is 1.40 bits per heavy atom. The molecule has 0 saturated heterocycles. The maximum atomic E-state index is 14.0. The first-order valence-corrected chi connectivity index (χ1v) is 17.6. The number of carbonyl (C=O) groups is 1. The Balaban J connectivity index is 1.51. The average molecular weight is 627 g/mol. The van der Waals surface area contributed by atoms with Crippen molar-refractivity contribution in [3.63, 3.8) is 0 Å². The first-order chi connectivity index (χ1) is 21.6. The van der Waals surface area contributed by atoms with Crippen LogP contribution in [0.15, 0.2) is 115 Å². The molecule has 5 nitrogen and oxygen atoms in total. The number of esters is 1. The van der Waals surface area contributed by atoms with Gasteiger partial charge in [0.05, 0.1) is 24.9 Å². The van der Waals surface area contributed by atoms with E-state index < -0.39 is 25.8 Å². The molecular weight excluding hydrogens is 583 g/mol. The second kappa shape index (κ2) is 13.8. The Morgan fingerprint density at radius 1 is 0.867 bits per heavy atom. The molecular formula is C38H43FO5Si. The first-order valence-electron chi connectivity index (χ1n) is 15.6. The number of rotatable bonds is 11. The molecule has 4 aromatic rings. The minimum atomic E-state index is -2.92. The molecule has 0 bridgehead atoms. The average Bonchev–Trinajstić information content (AvgIpc) is 3.33. The molecule has 0 aromatic heterocycles. The van der Waals surface area contributed by atoms with Crippen molar-refractivity contribution in [2.24, 2.45) is 11.8 Å². The molecule has 0 amide bonds. The van der Waals surface area contributed by atoms with E-state index in [-0.39, 0.29) is 48.9 Å². The number of halogens is 1. The van der Waals surface area contributed by atoms with Gasteiger partial charge in [0, 0.05) is 17.9 Å². The molecule has 1 aliphatic rings. The van der Waals surface area contributed by atoms with Crippen LogP contribution >= 0.6 is 0 Å². The number of hydrogen-bond acceptors (Lipinski definition) is 5. The van der Waals surface area contributed by atoms with E-state index in [2.05, 4.69) is 45.0 Å². The Bertz CT molecular complexity index is 1490. The van der Waals surface area contributed by atoms with Gasteiger partial charge >= 0.3 is 5.97 Å². The molecule has 1 aliphatic carbocycles. The topological polar surface area (TPSA) is 76.0 Å². The second-order valence-corrected chi connectivity index (χ2v) is 17.4. The van der Waals surface area contributed by atoms with Crippen LogP contribution in [0.25, 0.3) is 0 Å². The Labute approximate surface area is 266 Å². The third-order valence-electron chi connectivity index (χ3n) is 9.58. The van der Waals surface area contributed by atoms with Crippen molar-refractivity contribution in [3.8, 4) is 0 Å². The maximum Gasteiger partial charge on any atom is 0.338 e. The maximum absolute atomic E-state index is 14.0. The molecule has 0 radical (unpaired) electrons. The predicted octanol–water partition coefficient (Wildman–Crippen LogP) is 5.88. The Kier molecular flexibility index (Phi) is 10.0. The largest absolute Gasteiger partial charge is 0.462 e. The fourth-order valence-corrected chi connectivity index (χ4v) is 12.0. The van der Waals surface area contributed by atoms with E-state index in [1.165, 1.54) is 12.1 Å². The molecule has 0 unspecified atom stereocenters. The molecule has 0 spiro atoms. The summed E-state index contributed by atoms with van der Waals surface area (Å²) in [4.78, 5) is 12.8. The van der Waals surface area contributed by atoms with Crippen LogP contribution in [0.1, 0.15) is 49.5 Å². The lowest BCUT2D eigenvalue weighted by atomic mass is 9.69. The predicted molar refractivity (Wildman–Crippen MR) is 178 cm³/mol. The van der Waals surface area contributed by atoms with Gasteiger partial charge in [-0.1, -0.05) is 112 Å². The normalized spacial score (nSPS) is 21.9. The summed E-state index contributed by atoms with van der Waals surface area (Å²) in [5.41, 5.74) is 0.339. The Morgan fingerprint density at radius 3 is 1.91 bits per heavy atom. The molecule has 5 rings (SSSR count). The molecule has 0 aliphatic heterocycles. The van der Waals surface area contributed by atoms with Gasteiger partial charge in [-0.05, 0) is 64.0 Å². The summed E-state index contributed by atoms with van der Waals surface area (Å²) in [5, 5.41) is 24.7. The summed E-state index contributed by atoms with van der Waals surface area (Å²) in [6.07, 6.45) is -0.126. The van der Waals surface area contributed by atoms with E-state index in [9.17, 15) is 19.4 Å². The number of carbonyl (C=O) groups excluding carboxylic acids is 1. The van der Waals surface area contributed by atoms with Gasteiger partial charge in [-0.15, -0.1) is 0 Å². The monoisotopic (exact) mass is 626 g/mol. The second-order valence-electron chi connectivity index (χ2n) is 13.1. The van der Waals surface area contributed by atoms with Crippen molar-refractivity contribution < 1.29 is 28.6 Å². The van der Waals surface area contributed by atoms with E-state index in [0.717, 1.165) is 15.9 Å². The van der Waals surface area contributed by atoms with Gasteiger partial charge in [0.25, 0.3) is 8.32 Å². The lowest BCUT2D eigenvalue weighted by Crippen LogP contribution is -2.67. The molecule has 0 heterocycles. The molecule has 7 heteroatoms. The fraction of sp³-hybridized carbons (Fsp3) is 0.342. The number of ether oxygens (including phenoxy) is 1. The summed E-state index contributed by atoms with van der Waals surface area (Å²) in [7, 11) is -2.92. The lowest BCUT2D eigenvalue weighted by molar-refractivity contribution is 0.0370. The van der Waals surface area contributed by atoms with Crippen LogP contribution in [0, 0.1) is 17.7 Å². The van der Waals surface area contributed by atoms with Crippen molar-refractivity contribution >= 4 is 24.7 Å². The third kappa shape index (κ3) is 6.54. The summed E-state index contributed by atoms with van der Waals surface area (Å²) in [6.45, 7) is 6.73. The molecule has 4 atom stereocenters. The highest BCUT2D eigenvalue weighted by molar-refractivity contribution is 6.99. The van der Waals surface area contributed by atoms with E-state index in [1.807, 2.05) is 42.5 Å². The van der Waals surface area contributed by atoms with E-state index >= 15 is 0 Å². The van der Waals surface area contributed by atoms with Crippen molar-refractivity contribution in [2.45, 2.75) is 50.2 Å². The van der Waals surface area contributed by atoms with Crippen LogP contribution in [0.3, 0.4) is 0 Å². The minimum Gasteiger partial charge on any atom is -0.462 e. The van der Waals surface area contributed by atoms with E-state index in [0.29, 0.717) is 12.0 Å². The highest BCUT2D eigenvalue weighted by Crippen LogP contribution is 2.51. The SMILES string of the molecule is CC(C)(C)[Si](OC[C@@H]1[C@@H](O)C[C@](CO)(c2ccc(F)cc2)[C@H]1CCOC(=O)c1ccccc1)(c1ccccc1)c1ccccc1. The Hall–Kier alpha value is -3.62. The zero-order valence-corrected chi connectivity index (χ0v) is 27.2. The van der Waals surface area contributed by atoms with Crippen LogP contribution < -0.4 is 10.4 Å². The van der Waals surface area contributed by atoms with Gasteiger partial charge in [0.1, 0.15) is 5.82 Å². The van der Waals surface area contributed by atoms with Crippen LogP contribution in [-0.2, 0) is 14.6 Å². The van der Waals surface area contributed by atoms with Crippen LogP contribution in [0.4, 0.5) is 4.39 Å². The van der Waals surface area contributed by atoms with Crippen molar-refractivity contribution in [1.29, 1.82) is 0 Å². The number of aliphatic hydroxyl groups is 2. The highest BCUT2D eigenvalue weighted by atomic mass is 28.4. The molecule has 4 aromatic carbocycles. The van der Waals surface area contributed by atoms with Crippen molar-refractivity contribution in [1.82, 2.24) is 0 Å². The van der Waals surface area contributed by atoms with Crippen molar-refractivity contribution in [2.75, 3.05) is 19.8 Å². The molecule has 1 fully saturated rings. The molecule has 236 valence electrons. The number of hydrogen-bond donors (Lipinski definition) is 2. The zero-order chi connectivity index (χ0) is 32.1. The lowest BCUT2D eigenvalue weighted by Gasteiger charge is -2.44. The van der Waals surface area contributed by atoms with Crippen LogP contribution in [-0.4, -0.2) is 50.4 Å². The highest BCUT2D eigenvalue weighted by Gasteiger charge is 2.56. The third-order valence-corrected chi connectivity index (χ3v) is 14.6. The van der Waals surface area contributed by atoms with E-state index in [1.54, 1.807) is 36.4 Å². The minimum absolute atomic E-state index is 0.101. The fourth-order valence-electron chi connectivity index (χ4n) is 7.38. The standard InChI is InChI=1S/C38H43FO5Si/c1-37(2,3)45(31-15-9-5-10-16-31,32-17-11-6-12-18-32)44-26-33-34(23-24-43-36(42)28-13-7-4-8-14-28)38(27-40,25-35(33)41)29-19-21-30(39)22-20-29/h4-22,33-35,40-41H,23-27H2,1-3H3/t33-,34-,35-,38-/m0/s1. The van der Waals surface area contributed by atoms with Gasteiger partial charge in [0.15, 0.2) is 0 Å². The van der Waals surface area contributed by atoms with Gasteiger partial charge in [-0.25, -0.2) is 9.18 Å². The van der Waals surface area contributed by atoms with E-state index in [4.69, 9.17) is 9.16 Å². The summed E-state index contributed by atoms with van der Waals surface area (Å²) in [6, 6.07) is 35.6. The number of benzene rings is 4. The molecule has 2 N–H and O–H groups in total. The summed E-state index contributed by atoms with van der Waals surface area (Å²) in [5.74, 6) is -1.49. The molecule has 1 saturated carbocycles. The quantitative estimate of drug-likeness (QED) is 0.161. The van der Waals surface area contributed by atoms with Gasteiger partial charge < -0.3 is 19.4 Å². The van der Waals surface area contributed by atoms with Gasteiger partial charge in [0.2, 0.25) is 0 Å². The summed E-state index contributed by atoms with van der Waals surface area (Å²) < 4.78 is 27.0. The first kappa shape index (κ1) is 32.8. The van der Waals surface area contributed by atoms with Crippen LogP contribution in [0.2, 0.25) is 5.04 Å².